The molecule has 2 unspecified atom stereocenters. The van der Waals surface area contributed by atoms with E-state index in [9.17, 15) is 14.4 Å². The van der Waals surface area contributed by atoms with E-state index in [1.165, 1.54) is 4.90 Å². The van der Waals surface area contributed by atoms with E-state index in [1.54, 1.807) is 48.5 Å². The molecule has 1 N–H and O–H groups in total. The lowest BCUT2D eigenvalue weighted by Crippen LogP contribution is -2.41. The molecule has 1 aromatic heterocycles. The summed E-state index contributed by atoms with van der Waals surface area (Å²) in [5, 5.41) is 3.00. The van der Waals surface area contributed by atoms with Gasteiger partial charge in [0, 0.05) is 29.5 Å². The Morgan fingerprint density at radius 2 is 1.56 bits per heavy atom. The molecule has 36 heavy (non-hydrogen) atoms. The summed E-state index contributed by atoms with van der Waals surface area (Å²) in [5.74, 6) is -0.429. The molecule has 0 saturated heterocycles. The number of aromatic nitrogens is 2. The third kappa shape index (κ3) is 4.84. The van der Waals surface area contributed by atoms with Gasteiger partial charge in [0.05, 0.1) is 11.1 Å². The number of carbonyl (C=O) groups is 3. The molecule has 1 saturated carbocycles. The summed E-state index contributed by atoms with van der Waals surface area (Å²) in [7, 11) is 0. The molecule has 8 heteroatoms. The number of amides is 3. The molecular weight excluding hydrogens is 456 g/mol. The number of carbonyl (C=O) groups excluding carboxylic acids is 3. The Bertz CT molecular complexity index is 1270. The Morgan fingerprint density at radius 3 is 2.19 bits per heavy atom. The van der Waals surface area contributed by atoms with Gasteiger partial charge in [-0.2, -0.15) is 0 Å². The summed E-state index contributed by atoms with van der Waals surface area (Å²) in [6.45, 7) is 4.02. The highest BCUT2D eigenvalue weighted by atomic mass is 16.5. The largest absolute Gasteiger partial charge is 0.424 e. The Hall–Kier alpha value is -4.07. The van der Waals surface area contributed by atoms with Crippen LogP contribution >= 0.6 is 0 Å². The predicted molar refractivity (Wildman–Crippen MR) is 134 cm³/mol. The van der Waals surface area contributed by atoms with Gasteiger partial charge in [-0.05, 0) is 75.1 Å². The first kappa shape index (κ1) is 23.7. The fourth-order valence-corrected chi connectivity index (χ4v) is 5.10. The molecular formula is C28H28N4O4. The first-order valence-corrected chi connectivity index (χ1v) is 12.3. The van der Waals surface area contributed by atoms with Gasteiger partial charge in [0.15, 0.2) is 0 Å². The lowest BCUT2D eigenvalue weighted by Gasteiger charge is -2.32. The quantitative estimate of drug-likeness (QED) is 0.498. The maximum atomic E-state index is 13.2. The zero-order chi connectivity index (χ0) is 25.2. The van der Waals surface area contributed by atoms with Gasteiger partial charge in [-0.3, -0.25) is 19.3 Å². The van der Waals surface area contributed by atoms with Crippen LogP contribution in [0.2, 0.25) is 0 Å². The minimum atomic E-state index is -0.275. The molecule has 2 atom stereocenters. The Labute approximate surface area is 209 Å². The van der Waals surface area contributed by atoms with Crippen LogP contribution in [-0.4, -0.2) is 39.1 Å². The molecule has 3 aromatic rings. The van der Waals surface area contributed by atoms with Crippen LogP contribution < -0.4 is 10.1 Å². The second-order valence-corrected chi connectivity index (χ2v) is 9.47. The van der Waals surface area contributed by atoms with E-state index in [-0.39, 0.29) is 42.1 Å². The van der Waals surface area contributed by atoms with Crippen molar-refractivity contribution < 1.29 is 19.1 Å². The van der Waals surface area contributed by atoms with Crippen LogP contribution in [0.15, 0.2) is 54.6 Å². The highest BCUT2D eigenvalue weighted by molar-refractivity contribution is 6.21. The van der Waals surface area contributed by atoms with Crippen molar-refractivity contribution in [1.29, 1.82) is 0 Å². The Kier molecular flexibility index (Phi) is 6.50. The molecule has 8 nitrogen and oxygen atoms in total. The zero-order valence-electron chi connectivity index (χ0n) is 20.4. The minimum absolute atomic E-state index is 0.0784. The van der Waals surface area contributed by atoms with E-state index < -0.39 is 0 Å². The number of ether oxygens (including phenoxy) is 1. The number of fused-ring (bicyclic) bond motifs is 1. The van der Waals surface area contributed by atoms with Crippen molar-refractivity contribution >= 4 is 23.4 Å². The lowest BCUT2D eigenvalue weighted by molar-refractivity contribution is -0.122. The maximum absolute atomic E-state index is 13.2. The average Bonchev–Trinajstić information content (AvgIpc) is 3.10. The highest BCUT2D eigenvalue weighted by Crippen LogP contribution is 2.34. The van der Waals surface area contributed by atoms with Gasteiger partial charge in [0.2, 0.25) is 5.91 Å². The molecule has 0 spiro atoms. The van der Waals surface area contributed by atoms with Crippen molar-refractivity contribution in [1.82, 2.24) is 14.9 Å². The van der Waals surface area contributed by atoms with Crippen molar-refractivity contribution in [3.05, 3.63) is 77.1 Å². The van der Waals surface area contributed by atoms with Crippen molar-refractivity contribution in [3.63, 3.8) is 0 Å². The van der Waals surface area contributed by atoms with E-state index in [0.29, 0.717) is 22.6 Å². The smallest absolute Gasteiger partial charge is 0.322 e. The number of hydrogen-bond donors (Lipinski definition) is 1. The van der Waals surface area contributed by atoms with Crippen molar-refractivity contribution in [2.24, 2.45) is 11.8 Å². The van der Waals surface area contributed by atoms with Crippen molar-refractivity contribution in [2.45, 2.75) is 39.5 Å². The lowest BCUT2D eigenvalue weighted by atomic mass is 9.78. The Balaban J connectivity index is 1.24. The zero-order valence-corrected chi connectivity index (χ0v) is 20.4. The van der Waals surface area contributed by atoms with Crippen LogP contribution in [0.25, 0.3) is 0 Å². The fourth-order valence-electron chi connectivity index (χ4n) is 5.10. The average molecular weight is 485 g/mol. The number of imide groups is 1. The molecule has 2 aromatic carbocycles. The van der Waals surface area contributed by atoms with Gasteiger partial charge in [0.25, 0.3) is 11.8 Å². The van der Waals surface area contributed by atoms with Crippen LogP contribution in [0.5, 0.6) is 11.8 Å². The van der Waals surface area contributed by atoms with E-state index in [2.05, 4.69) is 15.3 Å². The van der Waals surface area contributed by atoms with E-state index in [1.807, 2.05) is 19.9 Å². The molecule has 1 aliphatic carbocycles. The van der Waals surface area contributed by atoms with Gasteiger partial charge in [-0.1, -0.05) is 25.0 Å². The molecule has 1 fully saturated rings. The van der Waals surface area contributed by atoms with Crippen LogP contribution in [-0.2, 0) is 4.79 Å². The van der Waals surface area contributed by atoms with Gasteiger partial charge in [-0.25, -0.2) is 9.97 Å². The minimum Gasteiger partial charge on any atom is -0.424 e. The molecule has 3 amide bonds. The van der Waals surface area contributed by atoms with Crippen LogP contribution in [0.4, 0.5) is 5.69 Å². The first-order chi connectivity index (χ1) is 17.4. The number of nitrogens with zero attached hydrogens (tertiary/aromatic N) is 3. The van der Waals surface area contributed by atoms with E-state index in [4.69, 9.17) is 4.74 Å². The highest BCUT2D eigenvalue weighted by Gasteiger charge is 2.40. The molecule has 1 aliphatic heterocycles. The summed E-state index contributed by atoms with van der Waals surface area (Å²) in [4.78, 5) is 48.8. The van der Waals surface area contributed by atoms with E-state index in [0.717, 1.165) is 37.1 Å². The summed E-state index contributed by atoms with van der Waals surface area (Å²) < 4.78 is 5.75. The third-order valence-corrected chi connectivity index (χ3v) is 6.83. The number of hydrogen-bond acceptors (Lipinski definition) is 6. The summed E-state index contributed by atoms with van der Waals surface area (Å²) >= 11 is 0. The number of nitrogens with one attached hydrogen (secondary N) is 1. The molecule has 2 heterocycles. The number of aryl methyl sites for hydroxylation is 2. The SMILES string of the molecule is Cc1cc(C)nc(Oc2ccc(NC(=O)C3CCCCC3CN3C(=O)c4ccccc4C3=O)cc2)n1. The normalized spacial score (nSPS) is 19.2. The van der Waals surface area contributed by atoms with Crippen LogP contribution in [0, 0.1) is 25.7 Å². The maximum Gasteiger partial charge on any atom is 0.322 e. The Morgan fingerprint density at radius 1 is 0.944 bits per heavy atom. The monoisotopic (exact) mass is 484 g/mol. The summed E-state index contributed by atoms with van der Waals surface area (Å²) in [6, 6.07) is 16.1. The topological polar surface area (TPSA) is 101 Å². The molecule has 0 bridgehead atoms. The molecule has 0 radical (unpaired) electrons. The predicted octanol–water partition coefficient (Wildman–Crippen LogP) is 4.93. The number of benzene rings is 2. The van der Waals surface area contributed by atoms with Crippen molar-refractivity contribution in [2.75, 3.05) is 11.9 Å². The molecule has 2 aliphatic rings. The molecule has 184 valence electrons. The van der Waals surface area contributed by atoms with Crippen LogP contribution in [0.1, 0.15) is 57.8 Å². The third-order valence-electron chi connectivity index (χ3n) is 6.83. The number of anilines is 1. The summed E-state index contributed by atoms with van der Waals surface area (Å²) in [6.07, 6.45) is 3.45. The number of rotatable bonds is 6. The second-order valence-electron chi connectivity index (χ2n) is 9.47. The second kappa shape index (κ2) is 9.89. The fraction of sp³-hybridized carbons (Fsp3) is 0.321. The first-order valence-electron chi connectivity index (χ1n) is 12.3. The van der Waals surface area contributed by atoms with Gasteiger partial charge in [0.1, 0.15) is 5.75 Å². The van der Waals surface area contributed by atoms with Crippen molar-refractivity contribution in [3.8, 4) is 11.8 Å². The molecule has 5 rings (SSSR count). The van der Waals surface area contributed by atoms with Crippen LogP contribution in [0.3, 0.4) is 0 Å². The van der Waals surface area contributed by atoms with Gasteiger partial charge < -0.3 is 10.1 Å². The standard InChI is InChI=1S/C28H28N4O4/c1-17-15-18(2)30-28(29-17)36-21-13-11-20(12-14-21)31-25(33)22-8-4-3-7-19(22)16-32-26(34)23-9-5-6-10-24(23)27(32)35/h5-6,9-15,19,22H,3-4,7-8,16H2,1-2H3,(H,31,33). The van der Waals surface area contributed by atoms with E-state index >= 15 is 0 Å². The van der Waals surface area contributed by atoms with Gasteiger partial charge in [-0.15, -0.1) is 0 Å². The van der Waals surface area contributed by atoms with Gasteiger partial charge >= 0.3 is 6.01 Å². The summed E-state index contributed by atoms with van der Waals surface area (Å²) in [5.41, 5.74) is 3.17.